The molecule has 0 unspecified atom stereocenters. The number of hydrogen-bond donors (Lipinski definition) is 0. The minimum atomic E-state index is 0.474. The van der Waals surface area contributed by atoms with E-state index in [0.717, 1.165) is 10.0 Å². The molecule has 0 fully saturated rings. The van der Waals surface area contributed by atoms with Crippen molar-refractivity contribution in [1.82, 2.24) is 0 Å². The lowest BCUT2D eigenvalue weighted by molar-refractivity contribution is 0.352. The number of hydrogen-bond acceptors (Lipinski definition) is 3. The van der Waals surface area contributed by atoms with Crippen molar-refractivity contribution in [1.29, 1.82) is 5.26 Å². The highest BCUT2D eigenvalue weighted by Crippen LogP contribution is 2.39. The Balaban J connectivity index is 3.53. The topological polar surface area (TPSA) is 42.2 Å². The van der Waals surface area contributed by atoms with Crippen molar-refractivity contribution >= 4 is 15.9 Å². The van der Waals surface area contributed by atoms with Gasteiger partial charge in [0.15, 0.2) is 11.5 Å². The molecule has 0 aliphatic heterocycles. The van der Waals surface area contributed by atoms with Crippen molar-refractivity contribution in [2.45, 2.75) is 6.92 Å². The zero-order chi connectivity index (χ0) is 10.7. The van der Waals surface area contributed by atoms with Crippen molar-refractivity contribution in [3.8, 4) is 17.6 Å². The molecule has 0 aromatic heterocycles. The number of nitrogens with zero attached hydrogens (tertiary/aromatic N) is 1. The fourth-order valence-corrected chi connectivity index (χ4v) is 1.94. The van der Waals surface area contributed by atoms with E-state index in [9.17, 15) is 0 Å². The normalized spacial score (nSPS) is 9.36. The molecule has 0 spiro atoms. The lowest BCUT2D eigenvalue weighted by Crippen LogP contribution is -1.96. The van der Waals surface area contributed by atoms with Gasteiger partial charge >= 0.3 is 0 Å². The Morgan fingerprint density at radius 1 is 1.29 bits per heavy atom. The Kier molecular flexibility index (Phi) is 3.37. The SMILES string of the molecule is COc1c(Br)cc(C)c(C#N)c1OC. The largest absolute Gasteiger partial charge is 0.492 e. The van der Waals surface area contributed by atoms with Gasteiger partial charge in [-0.15, -0.1) is 0 Å². The van der Waals surface area contributed by atoms with E-state index in [1.54, 1.807) is 7.11 Å². The zero-order valence-corrected chi connectivity index (χ0v) is 9.81. The third-order valence-corrected chi connectivity index (χ3v) is 2.50. The smallest absolute Gasteiger partial charge is 0.179 e. The van der Waals surface area contributed by atoms with Gasteiger partial charge in [0, 0.05) is 0 Å². The summed E-state index contributed by atoms with van der Waals surface area (Å²) in [6.45, 7) is 1.85. The number of ether oxygens (including phenoxy) is 2. The van der Waals surface area contributed by atoms with Crippen LogP contribution in [0, 0.1) is 18.3 Å². The third-order valence-electron chi connectivity index (χ3n) is 1.91. The fourth-order valence-electron chi connectivity index (χ4n) is 1.25. The Bertz CT molecular complexity index is 396. The van der Waals surface area contributed by atoms with E-state index >= 15 is 0 Å². The summed E-state index contributed by atoms with van der Waals surface area (Å²) < 4.78 is 11.1. The zero-order valence-electron chi connectivity index (χ0n) is 8.22. The highest BCUT2D eigenvalue weighted by atomic mass is 79.9. The van der Waals surface area contributed by atoms with E-state index in [4.69, 9.17) is 14.7 Å². The lowest BCUT2D eigenvalue weighted by Gasteiger charge is -2.12. The van der Waals surface area contributed by atoms with Gasteiger partial charge in [-0.05, 0) is 34.5 Å². The first kappa shape index (κ1) is 10.9. The van der Waals surface area contributed by atoms with Crippen molar-refractivity contribution in [2.75, 3.05) is 14.2 Å². The minimum Gasteiger partial charge on any atom is -0.492 e. The molecule has 0 N–H and O–H groups in total. The van der Waals surface area contributed by atoms with Gasteiger partial charge < -0.3 is 9.47 Å². The summed E-state index contributed by atoms with van der Waals surface area (Å²) in [4.78, 5) is 0. The summed E-state index contributed by atoms with van der Waals surface area (Å²) in [5, 5.41) is 8.94. The summed E-state index contributed by atoms with van der Waals surface area (Å²) in [6, 6.07) is 3.92. The van der Waals surface area contributed by atoms with Gasteiger partial charge in [-0.1, -0.05) is 0 Å². The molecule has 1 rings (SSSR count). The first-order valence-electron chi connectivity index (χ1n) is 3.96. The summed E-state index contributed by atoms with van der Waals surface area (Å²) in [6.07, 6.45) is 0. The highest BCUT2D eigenvalue weighted by Gasteiger charge is 2.16. The fraction of sp³-hybridized carbons (Fsp3) is 0.300. The van der Waals surface area contributed by atoms with Crippen molar-refractivity contribution in [3.63, 3.8) is 0 Å². The standard InChI is InChI=1S/C10H10BrNO2/c1-6-4-8(11)10(14-3)9(13-2)7(6)5-12/h4H,1-3H3. The van der Waals surface area contributed by atoms with Crippen LogP contribution in [0.1, 0.15) is 11.1 Å². The maximum absolute atomic E-state index is 8.94. The summed E-state index contributed by atoms with van der Waals surface area (Å²) in [5.74, 6) is 1.02. The van der Waals surface area contributed by atoms with Crippen LogP contribution in [0.2, 0.25) is 0 Å². The molecule has 1 aromatic carbocycles. The van der Waals surface area contributed by atoms with Gasteiger partial charge in [-0.25, -0.2) is 0 Å². The maximum atomic E-state index is 8.94. The molecule has 1 aromatic rings. The molecule has 0 radical (unpaired) electrons. The predicted octanol–water partition coefficient (Wildman–Crippen LogP) is 2.65. The van der Waals surface area contributed by atoms with Gasteiger partial charge in [-0.2, -0.15) is 5.26 Å². The lowest BCUT2D eigenvalue weighted by atomic mass is 10.1. The molecule has 0 amide bonds. The molecule has 14 heavy (non-hydrogen) atoms. The second kappa shape index (κ2) is 4.34. The Labute approximate surface area is 91.4 Å². The molecular weight excluding hydrogens is 246 g/mol. The average Bonchev–Trinajstić information content (AvgIpc) is 2.16. The Morgan fingerprint density at radius 2 is 1.86 bits per heavy atom. The molecule has 74 valence electrons. The van der Waals surface area contributed by atoms with E-state index in [1.807, 2.05) is 13.0 Å². The molecule has 3 nitrogen and oxygen atoms in total. The molecular formula is C10H10BrNO2. The van der Waals surface area contributed by atoms with E-state index in [0.29, 0.717) is 17.1 Å². The third kappa shape index (κ3) is 1.68. The molecule has 0 saturated carbocycles. The molecule has 4 heteroatoms. The second-order valence-electron chi connectivity index (χ2n) is 2.73. The Morgan fingerprint density at radius 3 is 2.29 bits per heavy atom. The van der Waals surface area contributed by atoms with Crippen molar-refractivity contribution in [2.24, 2.45) is 0 Å². The molecule has 0 aliphatic rings. The van der Waals surface area contributed by atoms with Crippen LogP contribution in [0.3, 0.4) is 0 Å². The minimum absolute atomic E-state index is 0.474. The monoisotopic (exact) mass is 255 g/mol. The van der Waals surface area contributed by atoms with Crippen LogP contribution in [-0.4, -0.2) is 14.2 Å². The Hall–Kier alpha value is -1.21. The molecule has 0 bridgehead atoms. The van der Waals surface area contributed by atoms with Crippen molar-refractivity contribution in [3.05, 3.63) is 21.7 Å². The highest BCUT2D eigenvalue weighted by molar-refractivity contribution is 9.10. The maximum Gasteiger partial charge on any atom is 0.179 e. The van der Waals surface area contributed by atoms with Crippen LogP contribution in [0.25, 0.3) is 0 Å². The van der Waals surface area contributed by atoms with Gasteiger partial charge in [0.2, 0.25) is 0 Å². The number of rotatable bonds is 2. The molecule has 0 saturated heterocycles. The first-order chi connectivity index (χ1) is 6.65. The number of halogens is 1. The summed E-state index contributed by atoms with van der Waals surface area (Å²) >= 11 is 3.35. The number of aryl methyl sites for hydroxylation is 1. The van der Waals surface area contributed by atoms with Gasteiger partial charge in [-0.3, -0.25) is 0 Å². The van der Waals surface area contributed by atoms with E-state index < -0.39 is 0 Å². The van der Waals surface area contributed by atoms with Gasteiger partial charge in [0.25, 0.3) is 0 Å². The number of benzene rings is 1. The summed E-state index contributed by atoms with van der Waals surface area (Å²) in [5.41, 5.74) is 1.37. The first-order valence-corrected chi connectivity index (χ1v) is 4.76. The van der Waals surface area contributed by atoms with Crippen LogP contribution >= 0.6 is 15.9 Å². The quantitative estimate of drug-likeness (QED) is 0.816. The van der Waals surface area contributed by atoms with Gasteiger partial charge in [0.1, 0.15) is 11.6 Å². The summed E-state index contributed by atoms with van der Waals surface area (Å²) in [7, 11) is 3.06. The van der Waals surface area contributed by atoms with E-state index in [2.05, 4.69) is 22.0 Å². The van der Waals surface area contributed by atoms with Crippen LogP contribution in [-0.2, 0) is 0 Å². The van der Waals surface area contributed by atoms with Crippen molar-refractivity contribution < 1.29 is 9.47 Å². The molecule has 0 aliphatic carbocycles. The van der Waals surface area contributed by atoms with Crippen LogP contribution in [0.4, 0.5) is 0 Å². The number of methoxy groups -OCH3 is 2. The van der Waals surface area contributed by atoms with Gasteiger partial charge in [0.05, 0.1) is 18.7 Å². The van der Waals surface area contributed by atoms with Crippen LogP contribution < -0.4 is 9.47 Å². The van der Waals surface area contributed by atoms with Crippen LogP contribution in [0.15, 0.2) is 10.5 Å². The van der Waals surface area contributed by atoms with E-state index in [1.165, 1.54) is 7.11 Å². The second-order valence-corrected chi connectivity index (χ2v) is 3.58. The number of nitriles is 1. The molecule has 0 heterocycles. The van der Waals surface area contributed by atoms with Crippen LogP contribution in [0.5, 0.6) is 11.5 Å². The van der Waals surface area contributed by atoms with E-state index in [-0.39, 0.29) is 0 Å². The average molecular weight is 256 g/mol. The molecule has 0 atom stereocenters. The predicted molar refractivity (Wildman–Crippen MR) is 56.7 cm³/mol.